The minimum atomic E-state index is 0.472. The molecule has 0 unspecified atom stereocenters. The van der Waals surface area contributed by atoms with Crippen LogP contribution in [0.25, 0.3) is 0 Å². The molecule has 0 atom stereocenters. The first-order valence-corrected chi connectivity index (χ1v) is 4.92. The van der Waals surface area contributed by atoms with Gasteiger partial charge in [0.1, 0.15) is 0 Å². The van der Waals surface area contributed by atoms with Gasteiger partial charge in [0.25, 0.3) is 0 Å². The van der Waals surface area contributed by atoms with E-state index in [0.29, 0.717) is 5.92 Å². The van der Waals surface area contributed by atoms with Crippen LogP contribution in [0.5, 0.6) is 0 Å². The summed E-state index contributed by atoms with van der Waals surface area (Å²) in [5.41, 5.74) is 3.38. The Morgan fingerprint density at radius 3 is 2.31 bits per heavy atom. The molecule has 1 heteroatoms. The highest BCUT2D eigenvalue weighted by Crippen LogP contribution is 2.11. The van der Waals surface area contributed by atoms with E-state index in [0.717, 1.165) is 17.8 Å². The summed E-state index contributed by atoms with van der Waals surface area (Å²) in [6.07, 6.45) is 3.02. The molecule has 0 heterocycles. The highest BCUT2D eigenvalue weighted by atomic mass is 14.8. The van der Waals surface area contributed by atoms with Gasteiger partial charge < -0.3 is 0 Å². The molecule has 0 aliphatic rings. The van der Waals surface area contributed by atoms with Crippen LogP contribution in [-0.4, -0.2) is 5.71 Å². The van der Waals surface area contributed by atoms with Gasteiger partial charge >= 0.3 is 0 Å². The van der Waals surface area contributed by atoms with Crippen molar-refractivity contribution in [1.82, 2.24) is 0 Å². The number of aliphatic imine (C=N–C) groups is 1. The lowest BCUT2D eigenvalue weighted by Crippen LogP contribution is -2.09. The first-order valence-electron chi connectivity index (χ1n) is 4.92. The number of rotatable bonds is 4. The molecule has 0 bridgehead atoms. The van der Waals surface area contributed by atoms with Gasteiger partial charge in [-0.05, 0) is 31.8 Å². The SMILES string of the molecule is C=C(CC)N=C(/C(C)=C\C)C(C)C. The second-order valence-corrected chi connectivity index (χ2v) is 3.54. The number of allylic oxidation sites excluding steroid dienone is 3. The standard InChI is InChI=1S/C12H21N/c1-7-10(5)12(9(3)4)13-11(6)8-2/h7,9H,6,8H2,1-5H3/b10-7-,13-12?. The third kappa shape index (κ3) is 4.07. The summed E-state index contributed by atoms with van der Waals surface area (Å²) >= 11 is 0. The van der Waals surface area contributed by atoms with E-state index in [1.165, 1.54) is 5.57 Å². The van der Waals surface area contributed by atoms with Gasteiger partial charge in [-0.15, -0.1) is 0 Å². The minimum absolute atomic E-state index is 0.472. The quantitative estimate of drug-likeness (QED) is 0.579. The Morgan fingerprint density at radius 2 is 2.00 bits per heavy atom. The summed E-state index contributed by atoms with van der Waals surface area (Å²) in [4.78, 5) is 4.52. The third-order valence-electron chi connectivity index (χ3n) is 2.07. The van der Waals surface area contributed by atoms with Gasteiger partial charge in [-0.2, -0.15) is 0 Å². The Bertz CT molecular complexity index is 232. The molecule has 13 heavy (non-hydrogen) atoms. The number of hydrogen-bond donors (Lipinski definition) is 0. The van der Waals surface area contributed by atoms with Crippen molar-refractivity contribution < 1.29 is 0 Å². The van der Waals surface area contributed by atoms with Crippen molar-refractivity contribution in [2.45, 2.75) is 41.0 Å². The fraction of sp³-hybridized carbons (Fsp3) is 0.583. The molecular formula is C12H21N. The van der Waals surface area contributed by atoms with Gasteiger partial charge in [-0.25, -0.2) is 0 Å². The van der Waals surface area contributed by atoms with E-state index in [2.05, 4.69) is 45.3 Å². The van der Waals surface area contributed by atoms with Crippen LogP contribution in [-0.2, 0) is 0 Å². The Morgan fingerprint density at radius 1 is 1.46 bits per heavy atom. The minimum Gasteiger partial charge on any atom is -0.258 e. The van der Waals surface area contributed by atoms with Crippen LogP contribution >= 0.6 is 0 Å². The average Bonchev–Trinajstić information content (AvgIpc) is 2.11. The largest absolute Gasteiger partial charge is 0.258 e. The highest BCUT2D eigenvalue weighted by molar-refractivity contribution is 6.01. The Kier molecular flexibility index (Phi) is 5.36. The predicted molar refractivity (Wildman–Crippen MR) is 61.1 cm³/mol. The van der Waals surface area contributed by atoms with Crippen LogP contribution in [0, 0.1) is 5.92 Å². The van der Waals surface area contributed by atoms with Crippen LogP contribution in [0.3, 0.4) is 0 Å². The summed E-state index contributed by atoms with van der Waals surface area (Å²) in [5.74, 6) is 0.472. The molecule has 0 N–H and O–H groups in total. The second-order valence-electron chi connectivity index (χ2n) is 3.54. The Hall–Kier alpha value is -0.850. The fourth-order valence-corrected chi connectivity index (χ4v) is 1.07. The van der Waals surface area contributed by atoms with E-state index in [1.807, 2.05) is 6.92 Å². The molecular weight excluding hydrogens is 158 g/mol. The molecule has 0 aliphatic carbocycles. The van der Waals surface area contributed by atoms with Crippen LogP contribution < -0.4 is 0 Å². The number of nitrogens with zero attached hydrogens (tertiary/aromatic N) is 1. The normalized spacial score (nSPS) is 13.7. The molecule has 0 aromatic rings. The third-order valence-corrected chi connectivity index (χ3v) is 2.07. The predicted octanol–water partition coefficient (Wildman–Crippen LogP) is 3.97. The van der Waals surface area contributed by atoms with E-state index in [1.54, 1.807) is 0 Å². The van der Waals surface area contributed by atoms with Crippen LogP contribution in [0.15, 0.2) is 28.9 Å². The fourth-order valence-electron chi connectivity index (χ4n) is 1.07. The van der Waals surface area contributed by atoms with Gasteiger partial charge in [0.05, 0.1) is 0 Å². The smallest absolute Gasteiger partial charge is 0.0457 e. The van der Waals surface area contributed by atoms with Crippen LogP contribution in [0.4, 0.5) is 0 Å². The van der Waals surface area contributed by atoms with Crippen molar-refractivity contribution in [1.29, 1.82) is 0 Å². The molecule has 0 amide bonds. The maximum Gasteiger partial charge on any atom is 0.0457 e. The number of hydrogen-bond acceptors (Lipinski definition) is 1. The van der Waals surface area contributed by atoms with Crippen molar-refractivity contribution in [3.63, 3.8) is 0 Å². The van der Waals surface area contributed by atoms with Gasteiger partial charge in [0.15, 0.2) is 0 Å². The van der Waals surface area contributed by atoms with Crippen molar-refractivity contribution in [2.75, 3.05) is 0 Å². The summed E-state index contributed by atoms with van der Waals surface area (Å²) in [7, 11) is 0. The lowest BCUT2D eigenvalue weighted by atomic mass is 10.0. The van der Waals surface area contributed by atoms with Crippen molar-refractivity contribution in [3.05, 3.63) is 23.9 Å². The topological polar surface area (TPSA) is 12.4 Å². The highest BCUT2D eigenvalue weighted by Gasteiger charge is 2.06. The maximum atomic E-state index is 4.52. The van der Waals surface area contributed by atoms with Gasteiger partial charge in [-0.1, -0.05) is 33.4 Å². The molecule has 0 saturated heterocycles. The van der Waals surface area contributed by atoms with E-state index in [-0.39, 0.29) is 0 Å². The lowest BCUT2D eigenvalue weighted by Gasteiger charge is -2.10. The van der Waals surface area contributed by atoms with Crippen molar-refractivity contribution >= 4 is 5.71 Å². The molecule has 0 spiro atoms. The summed E-state index contributed by atoms with van der Waals surface area (Å²) in [6, 6.07) is 0. The molecule has 1 nitrogen and oxygen atoms in total. The molecule has 0 saturated carbocycles. The molecule has 0 aromatic heterocycles. The molecule has 0 fully saturated rings. The first kappa shape index (κ1) is 12.2. The lowest BCUT2D eigenvalue weighted by molar-refractivity contribution is 0.874. The molecule has 0 aromatic carbocycles. The summed E-state index contributed by atoms with van der Waals surface area (Å²) in [6.45, 7) is 14.4. The maximum absolute atomic E-state index is 4.52. The van der Waals surface area contributed by atoms with E-state index in [9.17, 15) is 0 Å². The first-order chi connectivity index (χ1) is 6.02. The zero-order valence-electron chi connectivity index (χ0n) is 9.52. The van der Waals surface area contributed by atoms with Gasteiger partial charge in [-0.3, -0.25) is 4.99 Å². The molecule has 74 valence electrons. The Labute approximate surface area is 82.3 Å². The Balaban J connectivity index is 4.81. The van der Waals surface area contributed by atoms with Crippen LogP contribution in [0.2, 0.25) is 0 Å². The zero-order chi connectivity index (χ0) is 10.4. The average molecular weight is 179 g/mol. The van der Waals surface area contributed by atoms with E-state index < -0.39 is 0 Å². The van der Waals surface area contributed by atoms with E-state index >= 15 is 0 Å². The molecule has 0 aliphatic heterocycles. The zero-order valence-corrected chi connectivity index (χ0v) is 9.52. The van der Waals surface area contributed by atoms with Crippen LogP contribution in [0.1, 0.15) is 41.0 Å². The molecule has 0 radical (unpaired) electrons. The van der Waals surface area contributed by atoms with Gasteiger partial charge in [0.2, 0.25) is 0 Å². The van der Waals surface area contributed by atoms with E-state index in [4.69, 9.17) is 0 Å². The van der Waals surface area contributed by atoms with Crippen molar-refractivity contribution in [2.24, 2.45) is 10.9 Å². The second kappa shape index (κ2) is 5.74. The van der Waals surface area contributed by atoms with Gasteiger partial charge in [0, 0.05) is 11.4 Å². The molecule has 0 rings (SSSR count). The monoisotopic (exact) mass is 179 g/mol. The van der Waals surface area contributed by atoms with Crippen molar-refractivity contribution in [3.8, 4) is 0 Å². The summed E-state index contributed by atoms with van der Waals surface area (Å²) in [5, 5.41) is 0. The summed E-state index contributed by atoms with van der Waals surface area (Å²) < 4.78 is 0.